The molecule has 140 valence electrons. The van der Waals surface area contributed by atoms with E-state index in [1.807, 2.05) is 0 Å². The minimum atomic E-state index is -1.21. The molecular formula is C21H18F3NO2. The maximum Gasteiger partial charge on any atom is 0.258 e. The van der Waals surface area contributed by atoms with Gasteiger partial charge in [-0.2, -0.15) is 0 Å². The molecule has 0 N–H and O–H groups in total. The molecule has 2 aromatic rings. The van der Waals surface area contributed by atoms with E-state index in [2.05, 4.69) is 0 Å². The molecule has 2 atom stereocenters. The molecule has 3 rings (SSSR count). The molecule has 0 aliphatic carbocycles. The molecular weight excluding hydrogens is 355 g/mol. The highest BCUT2D eigenvalue weighted by atomic mass is 19.1. The maximum atomic E-state index is 14.5. The zero-order valence-electron chi connectivity index (χ0n) is 15.1. The highest BCUT2D eigenvalue weighted by Gasteiger charge is 2.40. The van der Waals surface area contributed by atoms with Gasteiger partial charge >= 0.3 is 0 Å². The number of amides is 1. The Bertz CT molecular complexity index is 945. The summed E-state index contributed by atoms with van der Waals surface area (Å²) in [6.07, 6.45) is 1.31. The van der Waals surface area contributed by atoms with Crippen LogP contribution in [0.2, 0.25) is 0 Å². The number of nitrogens with zero attached hydrogens (tertiary/aromatic N) is 1. The van der Waals surface area contributed by atoms with Crippen molar-refractivity contribution in [3.8, 4) is 0 Å². The van der Waals surface area contributed by atoms with Crippen molar-refractivity contribution in [3.05, 3.63) is 82.3 Å². The summed E-state index contributed by atoms with van der Waals surface area (Å²) in [4.78, 5) is 26.8. The number of rotatable bonds is 2. The van der Waals surface area contributed by atoms with Gasteiger partial charge in [-0.3, -0.25) is 9.59 Å². The Morgan fingerprint density at radius 2 is 1.63 bits per heavy atom. The van der Waals surface area contributed by atoms with Gasteiger partial charge in [-0.25, -0.2) is 13.2 Å². The molecule has 27 heavy (non-hydrogen) atoms. The highest BCUT2D eigenvalue weighted by Crippen LogP contribution is 2.39. The number of halogens is 3. The summed E-state index contributed by atoms with van der Waals surface area (Å²) in [7, 11) is 0. The van der Waals surface area contributed by atoms with Gasteiger partial charge in [0.1, 0.15) is 17.5 Å². The first-order valence-electron chi connectivity index (χ1n) is 8.47. The Hall–Kier alpha value is -2.89. The number of hydrogen-bond acceptors (Lipinski definition) is 2. The standard InChI is InChI=1S/C21H18F3NO2/c1-11-6-4-5-7-15(11)21(27)25-10-12(2)20(26)13(3)19(25)18-16(23)8-14(22)9-17(18)24/h4-10,13,19H,1-3H3. The topological polar surface area (TPSA) is 37.4 Å². The van der Waals surface area contributed by atoms with Crippen LogP contribution in [0.15, 0.2) is 48.2 Å². The summed E-state index contributed by atoms with van der Waals surface area (Å²) in [6.45, 7) is 4.80. The van der Waals surface area contributed by atoms with Crippen molar-refractivity contribution in [1.29, 1.82) is 0 Å². The third-order valence-corrected chi connectivity index (χ3v) is 4.86. The fourth-order valence-electron chi connectivity index (χ4n) is 3.46. The predicted molar refractivity (Wildman–Crippen MR) is 94.3 cm³/mol. The van der Waals surface area contributed by atoms with Crippen molar-refractivity contribution < 1.29 is 22.8 Å². The number of carbonyl (C=O) groups excluding carboxylic acids is 2. The van der Waals surface area contributed by atoms with Crippen LogP contribution in [0.5, 0.6) is 0 Å². The van der Waals surface area contributed by atoms with E-state index in [4.69, 9.17) is 0 Å². The lowest BCUT2D eigenvalue weighted by Gasteiger charge is -2.37. The number of benzene rings is 2. The Morgan fingerprint density at radius 1 is 1.04 bits per heavy atom. The third-order valence-electron chi connectivity index (χ3n) is 4.86. The zero-order chi connectivity index (χ0) is 19.9. The first-order chi connectivity index (χ1) is 12.7. The number of ketones is 1. The van der Waals surface area contributed by atoms with E-state index in [1.165, 1.54) is 18.0 Å². The molecule has 1 heterocycles. The van der Waals surface area contributed by atoms with Crippen LogP contribution >= 0.6 is 0 Å². The number of hydrogen-bond donors (Lipinski definition) is 0. The van der Waals surface area contributed by atoms with Crippen LogP contribution in [0.3, 0.4) is 0 Å². The Kier molecular flexibility index (Phi) is 4.91. The van der Waals surface area contributed by atoms with E-state index in [0.717, 1.165) is 0 Å². The van der Waals surface area contributed by atoms with Crippen LogP contribution in [0.25, 0.3) is 0 Å². The molecule has 3 nitrogen and oxygen atoms in total. The van der Waals surface area contributed by atoms with Crippen LogP contribution in [-0.2, 0) is 4.79 Å². The van der Waals surface area contributed by atoms with Crippen molar-refractivity contribution in [2.75, 3.05) is 0 Å². The molecule has 0 fully saturated rings. The zero-order valence-corrected chi connectivity index (χ0v) is 15.1. The Labute approximate surface area is 155 Å². The summed E-state index contributed by atoms with van der Waals surface area (Å²) in [5.74, 6) is -5.03. The van der Waals surface area contributed by atoms with E-state index >= 15 is 0 Å². The first kappa shape index (κ1) is 18.9. The molecule has 1 aliphatic rings. The van der Waals surface area contributed by atoms with E-state index in [-0.39, 0.29) is 5.78 Å². The summed E-state index contributed by atoms with van der Waals surface area (Å²) in [5, 5.41) is 0. The van der Waals surface area contributed by atoms with Crippen molar-refractivity contribution in [2.45, 2.75) is 26.8 Å². The van der Waals surface area contributed by atoms with Crippen molar-refractivity contribution in [1.82, 2.24) is 4.90 Å². The van der Waals surface area contributed by atoms with Gasteiger partial charge in [-0.05, 0) is 25.5 Å². The van der Waals surface area contributed by atoms with Crippen LogP contribution in [-0.4, -0.2) is 16.6 Å². The second-order valence-corrected chi connectivity index (χ2v) is 6.72. The molecule has 1 aliphatic heterocycles. The summed E-state index contributed by atoms with van der Waals surface area (Å²) >= 11 is 0. The second kappa shape index (κ2) is 7.02. The second-order valence-electron chi connectivity index (χ2n) is 6.72. The van der Waals surface area contributed by atoms with Crippen LogP contribution in [0.4, 0.5) is 13.2 Å². The summed E-state index contributed by atoms with van der Waals surface area (Å²) in [6, 6.07) is 6.70. The van der Waals surface area contributed by atoms with Gasteiger partial charge in [-0.1, -0.05) is 25.1 Å². The normalized spacial score (nSPS) is 19.9. The molecule has 0 radical (unpaired) electrons. The average molecular weight is 373 g/mol. The van der Waals surface area contributed by atoms with Crippen LogP contribution < -0.4 is 0 Å². The molecule has 0 bridgehead atoms. The molecule has 1 amide bonds. The smallest absolute Gasteiger partial charge is 0.258 e. The van der Waals surface area contributed by atoms with Gasteiger partial charge in [0, 0.05) is 41.0 Å². The van der Waals surface area contributed by atoms with Gasteiger partial charge in [0.15, 0.2) is 5.78 Å². The predicted octanol–water partition coefficient (Wildman–Crippen LogP) is 4.72. The first-order valence-corrected chi connectivity index (χ1v) is 8.47. The Balaban J connectivity index is 2.19. The van der Waals surface area contributed by atoms with Crippen LogP contribution in [0, 0.1) is 30.3 Å². The maximum absolute atomic E-state index is 14.5. The summed E-state index contributed by atoms with van der Waals surface area (Å²) in [5.41, 5.74) is 0.861. The molecule has 0 aromatic heterocycles. The van der Waals surface area contributed by atoms with E-state index in [0.29, 0.717) is 28.8 Å². The summed E-state index contributed by atoms with van der Waals surface area (Å²) < 4.78 is 42.3. The molecule has 0 saturated carbocycles. The monoisotopic (exact) mass is 373 g/mol. The third kappa shape index (κ3) is 3.27. The van der Waals surface area contributed by atoms with Crippen molar-refractivity contribution >= 4 is 11.7 Å². The SMILES string of the molecule is CC1=CN(C(=O)c2ccccc2C)C(c2c(F)cc(F)cc2F)C(C)C1=O. The Morgan fingerprint density at radius 3 is 2.22 bits per heavy atom. The van der Waals surface area contributed by atoms with Gasteiger partial charge in [0.2, 0.25) is 0 Å². The largest absolute Gasteiger partial charge is 0.306 e. The number of allylic oxidation sites excluding steroid dienone is 1. The van der Waals surface area contributed by atoms with Gasteiger partial charge in [0.05, 0.1) is 6.04 Å². The lowest BCUT2D eigenvalue weighted by Crippen LogP contribution is -2.42. The number of carbonyl (C=O) groups is 2. The van der Waals surface area contributed by atoms with Crippen molar-refractivity contribution in [3.63, 3.8) is 0 Å². The quantitative estimate of drug-likeness (QED) is 0.764. The lowest BCUT2D eigenvalue weighted by atomic mass is 9.83. The van der Waals surface area contributed by atoms with Crippen molar-refractivity contribution in [2.24, 2.45) is 5.92 Å². The van der Waals surface area contributed by atoms with E-state index < -0.39 is 40.9 Å². The molecule has 2 aromatic carbocycles. The minimum Gasteiger partial charge on any atom is -0.306 e. The van der Waals surface area contributed by atoms with Gasteiger partial charge < -0.3 is 4.90 Å². The number of Topliss-reactive ketones (excluding diaryl/α,β-unsaturated/α-hetero) is 1. The lowest BCUT2D eigenvalue weighted by molar-refractivity contribution is -0.121. The van der Waals surface area contributed by atoms with Gasteiger partial charge in [-0.15, -0.1) is 0 Å². The molecule has 2 unspecified atom stereocenters. The van der Waals surface area contributed by atoms with Gasteiger partial charge in [0.25, 0.3) is 5.91 Å². The fourth-order valence-corrected chi connectivity index (χ4v) is 3.46. The number of aryl methyl sites for hydroxylation is 1. The fraction of sp³-hybridized carbons (Fsp3) is 0.238. The van der Waals surface area contributed by atoms with E-state index in [1.54, 1.807) is 38.1 Å². The van der Waals surface area contributed by atoms with E-state index in [9.17, 15) is 22.8 Å². The highest BCUT2D eigenvalue weighted by molar-refractivity contribution is 6.02. The van der Waals surface area contributed by atoms with Crippen LogP contribution in [0.1, 0.15) is 41.4 Å². The average Bonchev–Trinajstić information content (AvgIpc) is 2.60. The molecule has 6 heteroatoms. The molecule has 0 saturated heterocycles. The molecule has 0 spiro atoms. The minimum absolute atomic E-state index is 0.309.